The lowest BCUT2D eigenvalue weighted by molar-refractivity contribution is -0.115. The number of esters is 1. The van der Waals surface area contributed by atoms with Crippen LogP contribution in [-0.4, -0.2) is 23.6 Å². The van der Waals surface area contributed by atoms with Crippen LogP contribution in [0.2, 0.25) is 0 Å². The van der Waals surface area contributed by atoms with Crippen LogP contribution in [0.5, 0.6) is 0 Å². The van der Waals surface area contributed by atoms with Crippen LogP contribution in [0, 0.1) is 0 Å². The molecule has 0 bridgehead atoms. The van der Waals surface area contributed by atoms with Crippen LogP contribution in [-0.2, 0) is 22.4 Å². The number of hydrogen-bond donors (Lipinski definition) is 3. The molecule has 0 fully saturated rings. The first-order valence-electron chi connectivity index (χ1n) is 15.6. The highest BCUT2D eigenvalue weighted by Gasteiger charge is 2.32. The van der Waals surface area contributed by atoms with Gasteiger partial charge in [0, 0.05) is 21.1 Å². The Hall–Kier alpha value is -4.44. The average Bonchev–Trinajstić information content (AvgIpc) is 3.45. The molecule has 1 heterocycles. The topological polar surface area (TPSA) is 79.5 Å². The fourth-order valence-corrected chi connectivity index (χ4v) is 8.42. The number of anilines is 3. The smallest absolute Gasteiger partial charge is 0.341 e. The van der Waals surface area contributed by atoms with Crippen LogP contribution in [0.4, 0.5) is 16.4 Å². The Labute approximate surface area is 289 Å². The first-order valence-corrected chi connectivity index (χ1v) is 17.7. The van der Waals surface area contributed by atoms with Gasteiger partial charge in [-0.1, -0.05) is 84.9 Å². The molecule has 3 N–H and O–H groups in total. The molecule has 2 unspecified atom stereocenters. The van der Waals surface area contributed by atoms with Gasteiger partial charge in [0.2, 0.25) is 5.91 Å². The van der Waals surface area contributed by atoms with Gasteiger partial charge < -0.3 is 20.7 Å². The Bertz CT molecular complexity index is 1850. The van der Waals surface area contributed by atoms with Gasteiger partial charge in [0.15, 0.2) is 5.11 Å². The summed E-state index contributed by atoms with van der Waals surface area (Å²) in [5.41, 5.74) is 5.35. The molecule has 238 valence electrons. The summed E-state index contributed by atoms with van der Waals surface area (Å²) in [5.74, 6) is -0.226. The summed E-state index contributed by atoms with van der Waals surface area (Å²) < 4.78 is 5.50. The summed E-state index contributed by atoms with van der Waals surface area (Å²) in [6, 6.07) is 37.8. The summed E-state index contributed by atoms with van der Waals surface area (Å²) in [4.78, 5) is 29.5. The van der Waals surface area contributed by atoms with E-state index in [0.29, 0.717) is 21.6 Å². The Balaban J connectivity index is 1.24. The number of hydrogen-bond acceptors (Lipinski definition) is 6. The lowest BCUT2D eigenvalue weighted by atomic mass is 9.83. The molecular weight excluding hydrogens is 643 g/mol. The second-order valence-electron chi connectivity index (χ2n) is 11.1. The van der Waals surface area contributed by atoms with E-state index in [1.807, 2.05) is 91.0 Å². The van der Waals surface area contributed by atoms with Crippen molar-refractivity contribution in [2.45, 2.75) is 42.2 Å². The fourth-order valence-electron chi connectivity index (χ4n) is 5.78. The molecule has 6 nitrogen and oxygen atoms in total. The number of nitrogens with one attached hydrogen (secondary N) is 3. The molecule has 0 saturated carbocycles. The molecule has 0 saturated heterocycles. The minimum atomic E-state index is -0.577. The van der Waals surface area contributed by atoms with Gasteiger partial charge in [-0.3, -0.25) is 4.79 Å². The first kappa shape index (κ1) is 32.5. The molecule has 47 heavy (non-hydrogen) atoms. The minimum Gasteiger partial charge on any atom is -0.462 e. The van der Waals surface area contributed by atoms with Crippen molar-refractivity contribution in [3.8, 4) is 0 Å². The molecule has 1 aromatic heterocycles. The second kappa shape index (κ2) is 15.4. The maximum atomic E-state index is 14.2. The van der Waals surface area contributed by atoms with Crippen molar-refractivity contribution < 1.29 is 14.3 Å². The highest BCUT2D eigenvalue weighted by molar-refractivity contribution is 8.00. The Morgan fingerprint density at radius 1 is 0.872 bits per heavy atom. The predicted molar refractivity (Wildman–Crippen MR) is 198 cm³/mol. The molecule has 0 spiro atoms. The minimum absolute atomic E-state index is 0.204. The van der Waals surface area contributed by atoms with E-state index in [1.165, 1.54) is 28.7 Å². The van der Waals surface area contributed by atoms with Crippen LogP contribution < -0.4 is 16.0 Å². The summed E-state index contributed by atoms with van der Waals surface area (Å²) in [6.45, 7) is 2.07. The summed E-state index contributed by atoms with van der Waals surface area (Å²) >= 11 is 8.48. The molecule has 4 aromatic carbocycles. The second-order valence-corrected chi connectivity index (χ2v) is 13.8. The molecule has 5 aromatic rings. The van der Waals surface area contributed by atoms with Gasteiger partial charge in [0.1, 0.15) is 10.3 Å². The number of ether oxygens (including phenoxy) is 1. The summed E-state index contributed by atoms with van der Waals surface area (Å²) in [5, 5.41) is 10.1. The number of fused-ring (bicyclic) bond motifs is 1. The zero-order valence-corrected chi connectivity index (χ0v) is 28.4. The van der Waals surface area contributed by atoms with Gasteiger partial charge in [-0.2, -0.15) is 0 Å². The number of para-hydroxylation sites is 1. The molecule has 2 atom stereocenters. The number of rotatable bonds is 10. The SMILES string of the molecule is CCOC(=O)c1c(NC(=O)C(Sc2cccc(NC(=S)Nc3ccccc3)c2)c2ccccc2)sc2c1CCC(c1ccccc1)C2. The molecule has 9 heteroatoms. The van der Waals surface area contributed by atoms with Crippen molar-refractivity contribution in [3.63, 3.8) is 0 Å². The van der Waals surface area contributed by atoms with Gasteiger partial charge in [-0.25, -0.2) is 4.79 Å². The van der Waals surface area contributed by atoms with Gasteiger partial charge >= 0.3 is 5.97 Å². The largest absolute Gasteiger partial charge is 0.462 e. The number of benzene rings is 4. The highest BCUT2D eigenvalue weighted by Crippen LogP contribution is 2.44. The molecule has 1 amide bonds. The molecule has 1 aliphatic rings. The number of amides is 1. The Morgan fingerprint density at radius 3 is 2.26 bits per heavy atom. The number of thioether (sulfide) groups is 1. The third-order valence-corrected chi connectivity index (χ3v) is 10.6. The summed E-state index contributed by atoms with van der Waals surface area (Å²) in [6.07, 6.45) is 2.52. The monoisotopic (exact) mass is 677 g/mol. The van der Waals surface area contributed by atoms with E-state index < -0.39 is 5.25 Å². The lowest BCUT2D eigenvalue weighted by Crippen LogP contribution is -2.21. The Morgan fingerprint density at radius 2 is 1.53 bits per heavy atom. The van der Waals surface area contributed by atoms with E-state index >= 15 is 0 Å². The fraction of sp³-hybridized carbons (Fsp3) is 0.184. The number of carbonyl (C=O) groups excluding carboxylic acids is 2. The lowest BCUT2D eigenvalue weighted by Gasteiger charge is -2.23. The van der Waals surface area contributed by atoms with E-state index in [0.717, 1.165) is 51.5 Å². The first-order chi connectivity index (χ1) is 23.0. The zero-order valence-electron chi connectivity index (χ0n) is 25.9. The van der Waals surface area contributed by atoms with E-state index in [9.17, 15) is 9.59 Å². The van der Waals surface area contributed by atoms with Crippen LogP contribution >= 0.6 is 35.3 Å². The molecule has 0 radical (unpaired) electrons. The molecule has 1 aliphatic carbocycles. The van der Waals surface area contributed by atoms with Gasteiger partial charge in [-0.05, 0) is 91.3 Å². The van der Waals surface area contributed by atoms with Crippen LogP contribution in [0.15, 0.2) is 120 Å². The number of carbonyl (C=O) groups is 2. The molecular formula is C38H35N3O3S3. The maximum Gasteiger partial charge on any atom is 0.341 e. The van der Waals surface area contributed by atoms with Crippen molar-refractivity contribution in [2.24, 2.45) is 0 Å². The van der Waals surface area contributed by atoms with Gasteiger partial charge in [0.25, 0.3) is 0 Å². The summed E-state index contributed by atoms with van der Waals surface area (Å²) in [7, 11) is 0. The van der Waals surface area contributed by atoms with Crippen LogP contribution in [0.1, 0.15) is 56.4 Å². The van der Waals surface area contributed by atoms with Crippen LogP contribution in [0.25, 0.3) is 0 Å². The number of thiophene rings is 1. The average molecular weight is 678 g/mol. The van der Waals surface area contributed by atoms with E-state index in [4.69, 9.17) is 17.0 Å². The van der Waals surface area contributed by atoms with Crippen molar-refractivity contribution in [3.05, 3.63) is 142 Å². The standard InChI is InChI=1S/C38H35N3O3S3/c1-2-44-37(43)33-31-22-21-27(25-13-6-3-7-14-25)23-32(31)47-36(33)41-35(42)34(26-15-8-4-9-16-26)46-30-20-12-19-29(24-30)40-38(45)39-28-17-10-5-11-18-28/h3-20,24,27,34H,2,21-23H2,1H3,(H,41,42)(H2,39,40,45). The van der Waals surface area contributed by atoms with Crippen molar-refractivity contribution >= 4 is 68.7 Å². The van der Waals surface area contributed by atoms with Crippen molar-refractivity contribution in [1.29, 1.82) is 0 Å². The van der Waals surface area contributed by atoms with Crippen molar-refractivity contribution in [2.75, 3.05) is 22.6 Å². The van der Waals surface area contributed by atoms with E-state index in [2.05, 4.69) is 40.2 Å². The van der Waals surface area contributed by atoms with Gasteiger partial charge in [0.05, 0.1) is 12.2 Å². The third-order valence-electron chi connectivity index (χ3n) is 7.97. The number of thiocarbonyl (C=S) groups is 1. The Kier molecular flexibility index (Phi) is 10.7. The van der Waals surface area contributed by atoms with Crippen molar-refractivity contribution in [1.82, 2.24) is 0 Å². The predicted octanol–water partition coefficient (Wildman–Crippen LogP) is 9.48. The molecule has 6 rings (SSSR count). The quantitative estimate of drug-likeness (QED) is 0.0772. The van der Waals surface area contributed by atoms with E-state index in [-0.39, 0.29) is 18.5 Å². The normalized spacial score (nSPS) is 14.4. The zero-order chi connectivity index (χ0) is 32.6. The highest BCUT2D eigenvalue weighted by atomic mass is 32.2. The van der Waals surface area contributed by atoms with E-state index in [1.54, 1.807) is 6.92 Å². The van der Waals surface area contributed by atoms with Gasteiger partial charge in [-0.15, -0.1) is 23.1 Å². The maximum absolute atomic E-state index is 14.2. The molecule has 0 aliphatic heterocycles. The van der Waals surface area contributed by atoms with Crippen LogP contribution in [0.3, 0.4) is 0 Å². The third kappa shape index (κ3) is 8.11.